The Morgan fingerprint density at radius 2 is 2.21 bits per heavy atom. The van der Waals surface area contributed by atoms with Crippen LogP contribution in [0.15, 0.2) is 5.10 Å². The van der Waals surface area contributed by atoms with E-state index < -0.39 is 6.03 Å². The average molecular weight is 191 g/mol. The second kappa shape index (κ2) is 1.97. The Bertz CT molecular complexity index is 364. The van der Waals surface area contributed by atoms with Crippen molar-refractivity contribution in [1.82, 2.24) is 5.43 Å². The summed E-state index contributed by atoms with van der Waals surface area (Å²) in [5.41, 5.74) is 8.60. The Hall–Kier alpha value is -1.06. The summed E-state index contributed by atoms with van der Waals surface area (Å²) in [4.78, 5) is 10.6. The standard InChI is InChI=1S/C10H13N3O/c11-10(14)13-12-6-2-4-3-1-5-7(4)9(5)8(3)6/h3-5,7-9H,1-2H2,(H3,11,13,14)/b12-6+/t3-,4-,5+,7-,8-,9+/m1/s1. The fourth-order valence-electron chi connectivity index (χ4n) is 4.71. The summed E-state index contributed by atoms with van der Waals surface area (Å²) in [5, 5.41) is 4.15. The van der Waals surface area contributed by atoms with E-state index in [2.05, 4.69) is 10.5 Å². The summed E-state index contributed by atoms with van der Waals surface area (Å²) in [5.74, 6) is 5.52. The maximum absolute atomic E-state index is 10.6. The molecule has 0 aromatic rings. The number of primary amides is 1. The van der Waals surface area contributed by atoms with Crippen LogP contribution in [0, 0.1) is 35.5 Å². The minimum Gasteiger partial charge on any atom is -0.350 e. The molecular formula is C10H13N3O. The summed E-state index contributed by atoms with van der Waals surface area (Å²) in [6.45, 7) is 0. The second-order valence-electron chi connectivity index (χ2n) is 5.19. The van der Waals surface area contributed by atoms with Gasteiger partial charge in [0.25, 0.3) is 0 Å². The van der Waals surface area contributed by atoms with E-state index in [1.54, 1.807) is 0 Å². The SMILES string of the molecule is NC(=O)N/N=C1\C[C@@H]2[C@H]3C[C@H]4[C@@H]2[C@H]4[C@@H]13. The molecule has 0 saturated heterocycles. The molecule has 74 valence electrons. The van der Waals surface area contributed by atoms with Crippen LogP contribution in [-0.2, 0) is 0 Å². The van der Waals surface area contributed by atoms with Gasteiger partial charge in [-0.25, -0.2) is 10.2 Å². The Morgan fingerprint density at radius 3 is 2.79 bits per heavy atom. The number of carbonyl (C=O) groups excluding carboxylic acids is 1. The predicted molar refractivity (Wildman–Crippen MR) is 50.3 cm³/mol. The molecule has 3 N–H and O–H groups in total. The van der Waals surface area contributed by atoms with Gasteiger partial charge >= 0.3 is 6.03 Å². The Morgan fingerprint density at radius 1 is 1.36 bits per heavy atom. The lowest BCUT2D eigenvalue weighted by atomic mass is 9.98. The van der Waals surface area contributed by atoms with Gasteiger partial charge in [0, 0.05) is 11.6 Å². The number of nitrogens with two attached hydrogens (primary N) is 1. The van der Waals surface area contributed by atoms with Gasteiger partial charge in [0.15, 0.2) is 0 Å². The molecule has 6 bridgehead atoms. The molecule has 2 amide bonds. The van der Waals surface area contributed by atoms with E-state index in [0.29, 0.717) is 5.92 Å². The number of hydrogen-bond donors (Lipinski definition) is 2. The van der Waals surface area contributed by atoms with Crippen LogP contribution < -0.4 is 11.2 Å². The predicted octanol–water partition coefficient (Wildman–Crippen LogP) is 0.542. The number of hydrazone groups is 1. The van der Waals surface area contributed by atoms with Gasteiger partial charge in [-0.15, -0.1) is 0 Å². The van der Waals surface area contributed by atoms with E-state index in [4.69, 9.17) is 5.73 Å². The highest BCUT2D eigenvalue weighted by atomic mass is 16.2. The minimum atomic E-state index is -0.542. The van der Waals surface area contributed by atoms with Crippen molar-refractivity contribution in [3.8, 4) is 0 Å². The van der Waals surface area contributed by atoms with Crippen LogP contribution in [0.1, 0.15) is 12.8 Å². The third-order valence-electron chi connectivity index (χ3n) is 4.90. The first kappa shape index (κ1) is 7.26. The van der Waals surface area contributed by atoms with Crippen LogP contribution in [0.5, 0.6) is 0 Å². The average Bonchev–Trinajstić information content (AvgIpc) is 2.57. The normalized spacial score (nSPS) is 58.1. The third-order valence-corrected chi connectivity index (χ3v) is 4.90. The monoisotopic (exact) mass is 191 g/mol. The number of amides is 2. The van der Waals surface area contributed by atoms with E-state index >= 15 is 0 Å². The van der Waals surface area contributed by atoms with Gasteiger partial charge in [0.05, 0.1) is 0 Å². The van der Waals surface area contributed by atoms with E-state index in [1.807, 2.05) is 0 Å². The van der Waals surface area contributed by atoms with Crippen LogP contribution in [0.25, 0.3) is 0 Å². The van der Waals surface area contributed by atoms with Crippen molar-refractivity contribution in [2.75, 3.05) is 0 Å². The lowest BCUT2D eigenvalue weighted by molar-refractivity contribution is 0.249. The molecule has 0 unspecified atom stereocenters. The molecule has 5 aliphatic carbocycles. The van der Waals surface area contributed by atoms with Gasteiger partial charge in [0.2, 0.25) is 0 Å². The van der Waals surface area contributed by atoms with Crippen molar-refractivity contribution in [3.05, 3.63) is 0 Å². The molecule has 0 aromatic carbocycles. The molecule has 4 nitrogen and oxygen atoms in total. The number of carbonyl (C=O) groups is 1. The van der Waals surface area contributed by atoms with Crippen molar-refractivity contribution in [1.29, 1.82) is 0 Å². The maximum Gasteiger partial charge on any atom is 0.332 e. The van der Waals surface area contributed by atoms with Crippen molar-refractivity contribution < 1.29 is 4.79 Å². The molecular weight excluding hydrogens is 178 g/mol. The first-order valence-corrected chi connectivity index (χ1v) is 5.39. The zero-order chi connectivity index (χ0) is 9.45. The van der Waals surface area contributed by atoms with E-state index in [9.17, 15) is 4.79 Å². The Balaban J connectivity index is 1.62. The largest absolute Gasteiger partial charge is 0.350 e. The van der Waals surface area contributed by atoms with Crippen molar-refractivity contribution in [3.63, 3.8) is 0 Å². The molecule has 5 aliphatic rings. The second-order valence-corrected chi connectivity index (χ2v) is 5.19. The molecule has 0 spiro atoms. The van der Waals surface area contributed by atoms with Gasteiger partial charge in [-0.2, -0.15) is 5.10 Å². The van der Waals surface area contributed by atoms with Gasteiger partial charge in [-0.1, -0.05) is 0 Å². The fourth-order valence-corrected chi connectivity index (χ4v) is 4.71. The van der Waals surface area contributed by atoms with Crippen LogP contribution in [-0.4, -0.2) is 11.7 Å². The van der Waals surface area contributed by atoms with E-state index in [1.165, 1.54) is 12.1 Å². The fraction of sp³-hybridized carbons (Fsp3) is 0.800. The lowest BCUT2D eigenvalue weighted by Crippen LogP contribution is -2.27. The zero-order valence-electron chi connectivity index (χ0n) is 7.81. The summed E-state index contributed by atoms with van der Waals surface area (Å²) in [6, 6.07) is -0.542. The van der Waals surface area contributed by atoms with Crippen LogP contribution in [0.2, 0.25) is 0 Å². The summed E-state index contributed by atoms with van der Waals surface area (Å²) >= 11 is 0. The van der Waals surface area contributed by atoms with Gasteiger partial charge in [-0.05, 0) is 42.4 Å². The maximum atomic E-state index is 10.6. The molecule has 0 radical (unpaired) electrons. The molecule has 14 heavy (non-hydrogen) atoms. The Labute approximate surface area is 81.9 Å². The van der Waals surface area contributed by atoms with Crippen LogP contribution in [0.3, 0.4) is 0 Å². The summed E-state index contributed by atoms with van der Waals surface area (Å²) < 4.78 is 0. The minimum absolute atomic E-state index is 0.542. The van der Waals surface area contributed by atoms with Gasteiger partial charge < -0.3 is 5.73 Å². The van der Waals surface area contributed by atoms with Crippen LogP contribution >= 0.6 is 0 Å². The summed E-state index contributed by atoms with van der Waals surface area (Å²) in [6.07, 6.45) is 2.55. The molecule has 6 atom stereocenters. The molecule has 5 rings (SSSR count). The van der Waals surface area contributed by atoms with Gasteiger partial charge in [-0.3, -0.25) is 0 Å². The molecule has 4 heteroatoms. The summed E-state index contributed by atoms with van der Waals surface area (Å²) in [7, 11) is 0. The molecule has 0 aromatic heterocycles. The highest BCUT2D eigenvalue weighted by Gasteiger charge is 2.77. The number of urea groups is 1. The first-order valence-electron chi connectivity index (χ1n) is 5.39. The molecule has 0 heterocycles. The number of nitrogens with one attached hydrogen (secondary N) is 1. The number of nitrogens with zero attached hydrogens (tertiary/aromatic N) is 1. The first-order chi connectivity index (χ1) is 6.77. The molecule has 0 aliphatic heterocycles. The zero-order valence-corrected chi connectivity index (χ0v) is 7.81. The highest BCUT2D eigenvalue weighted by Crippen LogP contribution is 2.80. The van der Waals surface area contributed by atoms with Gasteiger partial charge in [0.1, 0.15) is 0 Å². The molecule has 5 fully saturated rings. The van der Waals surface area contributed by atoms with Crippen molar-refractivity contribution in [2.24, 2.45) is 46.3 Å². The topological polar surface area (TPSA) is 67.5 Å². The Kier molecular flexibility index (Phi) is 1.02. The van der Waals surface area contributed by atoms with E-state index in [0.717, 1.165) is 36.0 Å². The quantitative estimate of drug-likeness (QED) is 0.584. The van der Waals surface area contributed by atoms with Crippen molar-refractivity contribution >= 4 is 11.7 Å². The smallest absolute Gasteiger partial charge is 0.332 e. The van der Waals surface area contributed by atoms with Crippen molar-refractivity contribution in [2.45, 2.75) is 12.8 Å². The van der Waals surface area contributed by atoms with Crippen LogP contribution in [0.4, 0.5) is 4.79 Å². The highest BCUT2D eigenvalue weighted by molar-refractivity contribution is 5.93. The number of rotatable bonds is 1. The van der Waals surface area contributed by atoms with E-state index in [-0.39, 0.29) is 0 Å². The third kappa shape index (κ3) is 0.615. The molecule has 5 saturated carbocycles. The lowest BCUT2D eigenvalue weighted by Gasteiger charge is -2.10. The number of hydrogen-bond acceptors (Lipinski definition) is 2.